The highest BCUT2D eigenvalue weighted by molar-refractivity contribution is 7.12. The zero-order chi connectivity index (χ0) is 14.5. The van der Waals surface area contributed by atoms with Crippen LogP contribution in [-0.4, -0.2) is 60.5 Å². The highest BCUT2D eigenvalue weighted by Crippen LogP contribution is 2.16. The van der Waals surface area contributed by atoms with E-state index in [-0.39, 0.29) is 17.9 Å². The topological polar surface area (TPSA) is 49.9 Å². The van der Waals surface area contributed by atoms with Crippen molar-refractivity contribution in [1.29, 1.82) is 0 Å². The molecule has 0 aromatic carbocycles. The summed E-state index contributed by atoms with van der Waals surface area (Å²) < 4.78 is 4.99. The summed E-state index contributed by atoms with van der Waals surface area (Å²) in [5.41, 5.74) is 0. The predicted molar refractivity (Wildman–Crippen MR) is 78.3 cm³/mol. The molecule has 0 saturated carbocycles. The molecule has 0 N–H and O–H groups in total. The number of ether oxygens (including phenoxy) is 1. The Bertz CT molecular complexity index is 453. The first-order valence-electron chi connectivity index (χ1n) is 6.87. The Morgan fingerprint density at radius 2 is 2.05 bits per heavy atom. The Hall–Kier alpha value is -1.40. The number of carbonyl (C=O) groups is 2. The third-order valence-corrected chi connectivity index (χ3v) is 4.42. The van der Waals surface area contributed by atoms with Gasteiger partial charge in [0.1, 0.15) is 0 Å². The lowest BCUT2D eigenvalue weighted by Gasteiger charge is -2.36. The molecule has 1 fully saturated rings. The lowest BCUT2D eigenvalue weighted by Crippen LogP contribution is -2.53. The molecule has 5 nitrogen and oxygen atoms in total. The molecule has 110 valence electrons. The van der Waals surface area contributed by atoms with Crippen molar-refractivity contribution in [3.8, 4) is 0 Å². The van der Waals surface area contributed by atoms with Gasteiger partial charge in [0.05, 0.1) is 17.5 Å². The molecular weight excluding hydrogens is 276 g/mol. The normalized spacial score (nSPS) is 17.8. The van der Waals surface area contributed by atoms with E-state index in [1.54, 1.807) is 11.8 Å². The van der Waals surface area contributed by atoms with Crippen LogP contribution in [0.1, 0.15) is 23.5 Å². The van der Waals surface area contributed by atoms with Crippen LogP contribution >= 0.6 is 11.3 Å². The van der Waals surface area contributed by atoms with E-state index in [9.17, 15) is 9.59 Å². The van der Waals surface area contributed by atoms with Gasteiger partial charge in [-0.2, -0.15) is 0 Å². The van der Waals surface area contributed by atoms with Crippen molar-refractivity contribution in [3.63, 3.8) is 0 Å². The number of carbonyl (C=O) groups excluding carboxylic acids is 2. The van der Waals surface area contributed by atoms with E-state index in [1.165, 1.54) is 11.3 Å². The van der Waals surface area contributed by atoms with Gasteiger partial charge in [-0.25, -0.2) is 4.79 Å². The van der Waals surface area contributed by atoms with Crippen LogP contribution in [0.5, 0.6) is 0 Å². The molecular formula is C14H20N2O3S. The highest BCUT2D eigenvalue weighted by Gasteiger charge is 2.28. The third kappa shape index (κ3) is 3.37. The van der Waals surface area contributed by atoms with E-state index in [2.05, 4.69) is 4.90 Å². The van der Waals surface area contributed by atoms with Gasteiger partial charge in [-0.15, -0.1) is 11.3 Å². The minimum atomic E-state index is -0.260. The van der Waals surface area contributed by atoms with Crippen LogP contribution in [0.4, 0.5) is 4.79 Å². The zero-order valence-corrected chi connectivity index (χ0v) is 12.7. The van der Waals surface area contributed by atoms with Crippen molar-refractivity contribution >= 4 is 23.2 Å². The molecule has 1 aliphatic heterocycles. The van der Waals surface area contributed by atoms with Crippen LogP contribution in [-0.2, 0) is 4.74 Å². The maximum absolute atomic E-state index is 12.3. The number of Topliss-reactive ketones (excluding diaryl/α,β-unsaturated/α-hetero) is 1. The monoisotopic (exact) mass is 296 g/mol. The maximum Gasteiger partial charge on any atom is 0.409 e. The van der Waals surface area contributed by atoms with Crippen molar-refractivity contribution in [2.45, 2.75) is 19.9 Å². The van der Waals surface area contributed by atoms with Crippen molar-refractivity contribution in [2.75, 3.05) is 32.8 Å². The van der Waals surface area contributed by atoms with Gasteiger partial charge in [-0.3, -0.25) is 9.69 Å². The van der Waals surface area contributed by atoms with Crippen molar-refractivity contribution in [1.82, 2.24) is 9.80 Å². The predicted octanol–water partition coefficient (Wildman–Crippen LogP) is 2.09. The molecule has 0 aliphatic carbocycles. The Morgan fingerprint density at radius 3 is 2.60 bits per heavy atom. The summed E-state index contributed by atoms with van der Waals surface area (Å²) in [4.78, 5) is 28.5. The van der Waals surface area contributed by atoms with Crippen LogP contribution in [0, 0.1) is 0 Å². The molecule has 1 aromatic rings. The van der Waals surface area contributed by atoms with Crippen molar-refractivity contribution < 1.29 is 14.3 Å². The molecule has 1 aliphatic rings. The van der Waals surface area contributed by atoms with Gasteiger partial charge in [0.2, 0.25) is 0 Å². The smallest absolute Gasteiger partial charge is 0.409 e. The van der Waals surface area contributed by atoms with Crippen LogP contribution in [0.2, 0.25) is 0 Å². The average Bonchev–Trinajstić information content (AvgIpc) is 3.00. The van der Waals surface area contributed by atoms with Gasteiger partial charge < -0.3 is 9.64 Å². The molecule has 1 saturated heterocycles. The fourth-order valence-electron chi connectivity index (χ4n) is 2.30. The van der Waals surface area contributed by atoms with E-state index in [1.807, 2.05) is 24.4 Å². The van der Waals surface area contributed by atoms with Gasteiger partial charge in [-0.05, 0) is 25.3 Å². The summed E-state index contributed by atoms with van der Waals surface area (Å²) in [6.45, 7) is 6.76. The van der Waals surface area contributed by atoms with Gasteiger partial charge in [0.15, 0.2) is 5.78 Å². The molecule has 6 heteroatoms. The standard InChI is InChI=1S/C14H20N2O3S/c1-3-19-14(18)16-8-6-15(7-9-16)11(2)13(17)12-5-4-10-20-12/h4-5,10-11H,3,6-9H2,1-2H3/t11-/m1/s1. The van der Waals surface area contributed by atoms with E-state index in [0.29, 0.717) is 32.8 Å². The number of rotatable bonds is 4. The summed E-state index contributed by atoms with van der Waals surface area (Å²) in [6, 6.07) is 3.61. The van der Waals surface area contributed by atoms with Gasteiger partial charge >= 0.3 is 6.09 Å². The summed E-state index contributed by atoms with van der Waals surface area (Å²) in [6.07, 6.45) is -0.260. The van der Waals surface area contributed by atoms with E-state index in [0.717, 1.165) is 4.88 Å². The first-order chi connectivity index (χ1) is 9.63. The highest BCUT2D eigenvalue weighted by atomic mass is 32.1. The molecule has 1 aromatic heterocycles. The minimum Gasteiger partial charge on any atom is -0.450 e. The first-order valence-corrected chi connectivity index (χ1v) is 7.75. The fourth-order valence-corrected chi connectivity index (χ4v) is 3.04. The minimum absolute atomic E-state index is 0.141. The average molecular weight is 296 g/mol. The Labute approximate surface area is 123 Å². The van der Waals surface area contributed by atoms with E-state index in [4.69, 9.17) is 4.74 Å². The van der Waals surface area contributed by atoms with E-state index < -0.39 is 0 Å². The molecule has 20 heavy (non-hydrogen) atoms. The fraction of sp³-hybridized carbons (Fsp3) is 0.571. The SMILES string of the molecule is CCOC(=O)N1CCN([C@H](C)C(=O)c2cccs2)CC1. The summed E-state index contributed by atoms with van der Waals surface area (Å²) in [7, 11) is 0. The van der Waals surface area contributed by atoms with Crippen LogP contribution in [0.3, 0.4) is 0 Å². The van der Waals surface area contributed by atoms with Gasteiger partial charge in [-0.1, -0.05) is 6.07 Å². The van der Waals surface area contributed by atoms with Crippen molar-refractivity contribution in [3.05, 3.63) is 22.4 Å². The quantitative estimate of drug-likeness (QED) is 0.798. The number of thiophene rings is 1. The largest absolute Gasteiger partial charge is 0.450 e. The number of hydrogen-bond donors (Lipinski definition) is 0. The first kappa shape index (κ1) is 15.0. The number of amides is 1. The number of nitrogens with zero attached hydrogens (tertiary/aromatic N) is 2. The van der Waals surface area contributed by atoms with Gasteiger partial charge in [0, 0.05) is 26.2 Å². The molecule has 0 bridgehead atoms. The molecule has 2 heterocycles. The lowest BCUT2D eigenvalue weighted by molar-refractivity contribution is 0.0606. The summed E-state index contributed by atoms with van der Waals surface area (Å²) >= 11 is 1.47. The zero-order valence-electron chi connectivity index (χ0n) is 11.9. The maximum atomic E-state index is 12.3. The summed E-state index contributed by atoms with van der Waals surface area (Å²) in [5, 5.41) is 1.92. The second-order valence-corrected chi connectivity index (χ2v) is 5.69. The van der Waals surface area contributed by atoms with Crippen LogP contribution < -0.4 is 0 Å². The molecule has 1 amide bonds. The van der Waals surface area contributed by atoms with Crippen LogP contribution in [0.25, 0.3) is 0 Å². The molecule has 1 atom stereocenters. The van der Waals surface area contributed by atoms with E-state index >= 15 is 0 Å². The lowest BCUT2D eigenvalue weighted by atomic mass is 10.1. The molecule has 0 unspecified atom stereocenters. The molecule has 0 spiro atoms. The van der Waals surface area contributed by atoms with Crippen molar-refractivity contribution in [2.24, 2.45) is 0 Å². The Balaban J connectivity index is 1.87. The summed E-state index contributed by atoms with van der Waals surface area (Å²) in [5.74, 6) is 0.157. The Kier molecular flexibility index (Phi) is 5.14. The molecule has 2 rings (SSSR count). The number of hydrogen-bond acceptors (Lipinski definition) is 5. The second-order valence-electron chi connectivity index (χ2n) is 4.74. The van der Waals surface area contributed by atoms with Crippen LogP contribution in [0.15, 0.2) is 17.5 Å². The second kappa shape index (κ2) is 6.85. The third-order valence-electron chi connectivity index (χ3n) is 3.53. The number of ketones is 1. The Morgan fingerprint density at radius 1 is 1.35 bits per heavy atom. The number of piperazine rings is 1. The molecule has 0 radical (unpaired) electrons. The van der Waals surface area contributed by atoms with Gasteiger partial charge in [0.25, 0.3) is 0 Å².